The minimum atomic E-state index is -0.920. The molecule has 1 aromatic heterocycles. The SMILES string of the molecule is Cc1ccccc1N(C(=O)c1csnn1)[C@H](C(=O)NC(C)(C)C)c1ccc(Cl)cc1. The molecule has 0 saturated heterocycles. The molecule has 0 unspecified atom stereocenters. The zero-order valence-corrected chi connectivity index (χ0v) is 18.8. The van der Waals surface area contributed by atoms with Crippen molar-refractivity contribution >= 4 is 40.6 Å². The maximum absolute atomic E-state index is 13.5. The van der Waals surface area contributed by atoms with E-state index in [0.717, 1.165) is 17.1 Å². The van der Waals surface area contributed by atoms with Gasteiger partial charge in [-0.3, -0.25) is 14.5 Å². The van der Waals surface area contributed by atoms with Gasteiger partial charge in [0.15, 0.2) is 5.69 Å². The Bertz CT molecular complexity index is 1030. The van der Waals surface area contributed by atoms with Gasteiger partial charge in [0.1, 0.15) is 6.04 Å². The first kappa shape index (κ1) is 21.9. The van der Waals surface area contributed by atoms with E-state index in [1.54, 1.807) is 29.6 Å². The fourth-order valence-electron chi connectivity index (χ4n) is 3.08. The van der Waals surface area contributed by atoms with Crippen molar-refractivity contribution in [1.82, 2.24) is 14.9 Å². The molecule has 1 atom stereocenters. The normalized spacial score (nSPS) is 12.3. The zero-order valence-electron chi connectivity index (χ0n) is 17.2. The fraction of sp³-hybridized carbons (Fsp3) is 0.273. The molecule has 0 saturated carbocycles. The summed E-state index contributed by atoms with van der Waals surface area (Å²) in [6.07, 6.45) is 0. The Morgan fingerprint density at radius 2 is 1.77 bits per heavy atom. The number of hydrogen-bond acceptors (Lipinski definition) is 5. The van der Waals surface area contributed by atoms with Gasteiger partial charge in [0.25, 0.3) is 5.91 Å². The summed E-state index contributed by atoms with van der Waals surface area (Å²) in [7, 11) is 0. The number of benzene rings is 2. The summed E-state index contributed by atoms with van der Waals surface area (Å²) >= 11 is 7.16. The number of nitrogens with zero attached hydrogens (tertiary/aromatic N) is 3. The van der Waals surface area contributed by atoms with Gasteiger partial charge in [-0.1, -0.05) is 46.4 Å². The molecule has 0 fully saturated rings. The molecule has 0 bridgehead atoms. The second-order valence-corrected chi connectivity index (χ2v) is 8.99. The summed E-state index contributed by atoms with van der Waals surface area (Å²) in [4.78, 5) is 28.5. The molecule has 8 heteroatoms. The number of aromatic nitrogens is 2. The minimum Gasteiger partial charge on any atom is -0.349 e. The number of carbonyl (C=O) groups excluding carboxylic acids is 2. The van der Waals surface area contributed by atoms with Gasteiger partial charge in [0.05, 0.1) is 0 Å². The first-order valence-electron chi connectivity index (χ1n) is 9.41. The molecule has 2 amide bonds. The maximum Gasteiger partial charge on any atom is 0.280 e. The van der Waals surface area contributed by atoms with E-state index < -0.39 is 17.5 Å². The van der Waals surface area contributed by atoms with Crippen LogP contribution in [0.1, 0.15) is 48.4 Å². The highest BCUT2D eigenvalue weighted by molar-refractivity contribution is 7.03. The number of para-hydroxylation sites is 1. The molecule has 3 aromatic rings. The van der Waals surface area contributed by atoms with Gasteiger partial charge in [-0.15, -0.1) is 5.10 Å². The lowest BCUT2D eigenvalue weighted by molar-refractivity contribution is -0.123. The maximum atomic E-state index is 13.5. The number of anilines is 1. The number of hydrogen-bond donors (Lipinski definition) is 1. The van der Waals surface area contributed by atoms with Crippen LogP contribution < -0.4 is 10.2 Å². The average molecular weight is 443 g/mol. The van der Waals surface area contributed by atoms with Crippen LogP contribution >= 0.6 is 23.1 Å². The van der Waals surface area contributed by atoms with E-state index in [0.29, 0.717) is 16.3 Å². The fourth-order valence-corrected chi connectivity index (χ4v) is 3.64. The van der Waals surface area contributed by atoms with E-state index in [1.807, 2.05) is 52.0 Å². The molecule has 0 aliphatic rings. The third-order valence-corrected chi connectivity index (χ3v) is 5.12. The molecule has 156 valence electrons. The smallest absolute Gasteiger partial charge is 0.280 e. The van der Waals surface area contributed by atoms with Gasteiger partial charge in [0, 0.05) is 21.6 Å². The lowest BCUT2D eigenvalue weighted by atomic mass is 9.99. The quantitative estimate of drug-likeness (QED) is 0.615. The summed E-state index contributed by atoms with van der Waals surface area (Å²) in [5.41, 5.74) is 1.83. The van der Waals surface area contributed by atoms with Gasteiger partial charge < -0.3 is 5.32 Å². The van der Waals surface area contributed by atoms with Crippen LogP contribution in [0.15, 0.2) is 53.9 Å². The van der Waals surface area contributed by atoms with Crippen LogP contribution in [0.3, 0.4) is 0 Å². The van der Waals surface area contributed by atoms with Crippen molar-refractivity contribution in [3.05, 3.63) is 75.8 Å². The second-order valence-electron chi connectivity index (χ2n) is 7.95. The highest BCUT2D eigenvalue weighted by Gasteiger charge is 2.36. The summed E-state index contributed by atoms with van der Waals surface area (Å²) < 4.78 is 3.82. The standard InChI is InChI=1S/C22H23ClN4O2S/c1-14-7-5-6-8-18(14)27(21(29)17-13-30-26-25-17)19(20(28)24-22(2,3)4)15-9-11-16(23)12-10-15/h5-13,19H,1-4H3,(H,24,28)/t19-/m0/s1. The van der Waals surface area contributed by atoms with Gasteiger partial charge in [0.2, 0.25) is 5.91 Å². The number of halogens is 1. The molecule has 2 aromatic carbocycles. The molecule has 0 aliphatic heterocycles. The van der Waals surface area contributed by atoms with E-state index in [2.05, 4.69) is 14.9 Å². The monoisotopic (exact) mass is 442 g/mol. The molecule has 3 rings (SSSR count). The van der Waals surface area contributed by atoms with Crippen LogP contribution in [0.25, 0.3) is 0 Å². The molecular formula is C22H23ClN4O2S. The highest BCUT2D eigenvalue weighted by Crippen LogP contribution is 2.32. The van der Waals surface area contributed by atoms with Crippen molar-refractivity contribution in [2.24, 2.45) is 0 Å². The molecule has 0 radical (unpaired) electrons. The molecule has 30 heavy (non-hydrogen) atoms. The van der Waals surface area contributed by atoms with Gasteiger partial charge in [-0.05, 0) is 68.6 Å². The number of carbonyl (C=O) groups is 2. The minimum absolute atomic E-state index is 0.186. The first-order valence-corrected chi connectivity index (χ1v) is 10.6. The number of amides is 2. The third-order valence-electron chi connectivity index (χ3n) is 4.36. The third kappa shape index (κ3) is 5.04. The molecule has 0 aliphatic carbocycles. The summed E-state index contributed by atoms with van der Waals surface area (Å²) in [5.74, 6) is -0.702. The first-order chi connectivity index (χ1) is 14.2. The Hall–Kier alpha value is -2.77. The Kier molecular flexibility index (Phi) is 6.53. The summed E-state index contributed by atoms with van der Waals surface area (Å²) in [6, 6.07) is 13.5. The Morgan fingerprint density at radius 1 is 1.10 bits per heavy atom. The molecule has 6 nitrogen and oxygen atoms in total. The van der Waals surface area contributed by atoms with Gasteiger partial charge in [-0.2, -0.15) is 0 Å². The second kappa shape index (κ2) is 8.93. The summed E-state index contributed by atoms with van der Waals surface area (Å²) in [6.45, 7) is 7.59. The van der Waals surface area contributed by atoms with Crippen LogP contribution in [0, 0.1) is 6.92 Å². The van der Waals surface area contributed by atoms with Crippen molar-refractivity contribution in [2.45, 2.75) is 39.3 Å². The van der Waals surface area contributed by atoms with Crippen LogP contribution in [-0.2, 0) is 4.79 Å². The van der Waals surface area contributed by atoms with Crippen molar-refractivity contribution in [3.8, 4) is 0 Å². The number of rotatable bonds is 5. The van der Waals surface area contributed by atoms with E-state index in [1.165, 1.54) is 4.90 Å². The topological polar surface area (TPSA) is 75.2 Å². The molecular weight excluding hydrogens is 420 g/mol. The van der Waals surface area contributed by atoms with Gasteiger partial charge >= 0.3 is 0 Å². The van der Waals surface area contributed by atoms with Crippen LogP contribution in [0.5, 0.6) is 0 Å². The van der Waals surface area contributed by atoms with Crippen molar-refractivity contribution in [2.75, 3.05) is 4.90 Å². The van der Waals surface area contributed by atoms with Crippen molar-refractivity contribution in [1.29, 1.82) is 0 Å². The van der Waals surface area contributed by atoms with Crippen LogP contribution in [-0.4, -0.2) is 26.9 Å². The zero-order chi connectivity index (χ0) is 21.9. The van der Waals surface area contributed by atoms with E-state index in [-0.39, 0.29) is 11.6 Å². The molecule has 0 spiro atoms. The number of nitrogens with one attached hydrogen (secondary N) is 1. The number of aryl methyl sites for hydroxylation is 1. The summed E-state index contributed by atoms with van der Waals surface area (Å²) in [5, 5.41) is 9.07. The van der Waals surface area contributed by atoms with Crippen LogP contribution in [0.4, 0.5) is 5.69 Å². The van der Waals surface area contributed by atoms with Crippen molar-refractivity contribution in [3.63, 3.8) is 0 Å². The predicted octanol–water partition coefficient (Wildman–Crippen LogP) is 4.80. The highest BCUT2D eigenvalue weighted by atomic mass is 35.5. The predicted molar refractivity (Wildman–Crippen MR) is 120 cm³/mol. The Labute approximate surface area is 185 Å². The van der Waals surface area contributed by atoms with E-state index in [9.17, 15) is 9.59 Å². The Balaban J connectivity index is 2.19. The molecule has 1 heterocycles. The average Bonchev–Trinajstić information content (AvgIpc) is 3.21. The van der Waals surface area contributed by atoms with E-state index in [4.69, 9.17) is 11.6 Å². The lowest BCUT2D eigenvalue weighted by Gasteiger charge is -2.34. The van der Waals surface area contributed by atoms with Crippen molar-refractivity contribution < 1.29 is 9.59 Å². The van der Waals surface area contributed by atoms with Crippen LogP contribution in [0.2, 0.25) is 5.02 Å². The lowest BCUT2D eigenvalue weighted by Crippen LogP contribution is -2.49. The Morgan fingerprint density at radius 3 is 2.33 bits per heavy atom. The van der Waals surface area contributed by atoms with Gasteiger partial charge in [-0.25, -0.2) is 0 Å². The molecule has 1 N–H and O–H groups in total. The largest absolute Gasteiger partial charge is 0.349 e. The van der Waals surface area contributed by atoms with E-state index >= 15 is 0 Å².